The Bertz CT molecular complexity index is 510. The number of urea groups is 1. The summed E-state index contributed by atoms with van der Waals surface area (Å²) in [5.41, 5.74) is 0. The quantitative estimate of drug-likeness (QED) is 0.567. The molecule has 1 aromatic rings. The first kappa shape index (κ1) is 14.9. The minimum Gasteiger partial charge on any atom is -0.480 e. The van der Waals surface area contributed by atoms with Gasteiger partial charge in [0.1, 0.15) is 11.8 Å². The predicted octanol–water partition coefficient (Wildman–Crippen LogP) is 0.0582. The van der Waals surface area contributed by atoms with Crippen molar-refractivity contribution < 1.29 is 23.9 Å². The fourth-order valence-corrected chi connectivity index (χ4v) is 1.84. The number of rotatable bonds is 7. The van der Waals surface area contributed by atoms with Gasteiger partial charge >= 0.3 is 12.0 Å². The molecule has 114 valence electrons. The van der Waals surface area contributed by atoms with E-state index in [0.717, 1.165) is 12.8 Å². The van der Waals surface area contributed by atoms with Crippen molar-refractivity contribution in [3.63, 3.8) is 0 Å². The third-order valence-electron chi connectivity index (χ3n) is 3.09. The van der Waals surface area contributed by atoms with E-state index in [0.29, 0.717) is 5.76 Å². The minimum atomic E-state index is -1.05. The molecule has 4 N–H and O–H groups in total. The summed E-state index contributed by atoms with van der Waals surface area (Å²) in [5.74, 6) is -0.982. The number of hydrogen-bond donors (Lipinski definition) is 4. The van der Waals surface area contributed by atoms with Crippen LogP contribution in [0.4, 0.5) is 4.79 Å². The molecular weight excluding hydrogens is 278 g/mol. The third kappa shape index (κ3) is 4.83. The summed E-state index contributed by atoms with van der Waals surface area (Å²) in [6.45, 7) is -0.0687. The maximum Gasteiger partial charge on any atom is 0.326 e. The fourth-order valence-electron chi connectivity index (χ4n) is 1.84. The van der Waals surface area contributed by atoms with Crippen molar-refractivity contribution in [2.45, 2.75) is 25.4 Å². The van der Waals surface area contributed by atoms with Gasteiger partial charge in [-0.1, -0.05) is 0 Å². The molecule has 0 aromatic carbocycles. The van der Waals surface area contributed by atoms with Crippen molar-refractivity contribution in [2.24, 2.45) is 5.92 Å². The van der Waals surface area contributed by atoms with Crippen LogP contribution in [0, 0.1) is 5.92 Å². The predicted molar refractivity (Wildman–Crippen MR) is 71.2 cm³/mol. The molecule has 1 aromatic heterocycles. The van der Waals surface area contributed by atoms with E-state index in [2.05, 4.69) is 16.0 Å². The van der Waals surface area contributed by atoms with Crippen LogP contribution in [0.5, 0.6) is 0 Å². The van der Waals surface area contributed by atoms with Crippen LogP contribution in [0.3, 0.4) is 0 Å². The molecule has 2 rings (SSSR count). The van der Waals surface area contributed by atoms with Gasteiger partial charge in [0, 0.05) is 0 Å². The number of furan rings is 1. The molecule has 1 aliphatic carbocycles. The maximum atomic E-state index is 11.6. The van der Waals surface area contributed by atoms with Crippen molar-refractivity contribution >= 4 is 17.9 Å². The van der Waals surface area contributed by atoms with Crippen LogP contribution in [0.2, 0.25) is 0 Å². The summed E-state index contributed by atoms with van der Waals surface area (Å²) in [6.07, 6.45) is 3.09. The summed E-state index contributed by atoms with van der Waals surface area (Å²) in [6, 6.07) is 2.01. The molecule has 0 saturated heterocycles. The summed E-state index contributed by atoms with van der Waals surface area (Å²) in [5, 5.41) is 16.2. The van der Waals surface area contributed by atoms with Gasteiger partial charge in [0.15, 0.2) is 0 Å². The smallest absolute Gasteiger partial charge is 0.326 e. The lowest BCUT2D eigenvalue weighted by atomic mass is 10.2. The summed E-state index contributed by atoms with van der Waals surface area (Å²) in [4.78, 5) is 34.0. The summed E-state index contributed by atoms with van der Waals surface area (Å²) < 4.78 is 5.03. The number of carboxylic acids is 1. The Kier molecular flexibility index (Phi) is 4.81. The largest absolute Gasteiger partial charge is 0.480 e. The molecule has 0 spiro atoms. The average Bonchev–Trinajstić information content (AvgIpc) is 3.15. The van der Waals surface area contributed by atoms with Gasteiger partial charge < -0.3 is 25.5 Å². The lowest BCUT2D eigenvalue weighted by Crippen LogP contribution is -2.48. The zero-order chi connectivity index (χ0) is 15.2. The lowest BCUT2D eigenvalue weighted by molar-refractivity contribution is -0.142. The van der Waals surface area contributed by atoms with Crippen LogP contribution in [-0.4, -0.2) is 35.6 Å². The van der Waals surface area contributed by atoms with Gasteiger partial charge in [-0.15, -0.1) is 0 Å². The Balaban J connectivity index is 1.65. The third-order valence-corrected chi connectivity index (χ3v) is 3.09. The van der Waals surface area contributed by atoms with Crippen molar-refractivity contribution in [1.29, 1.82) is 0 Å². The van der Waals surface area contributed by atoms with Crippen LogP contribution in [0.1, 0.15) is 18.6 Å². The molecule has 8 nitrogen and oxygen atoms in total. The molecule has 0 radical (unpaired) electrons. The monoisotopic (exact) mass is 295 g/mol. The minimum absolute atomic E-state index is 0.000714. The zero-order valence-corrected chi connectivity index (χ0v) is 11.3. The van der Waals surface area contributed by atoms with Crippen LogP contribution < -0.4 is 16.0 Å². The topological polar surface area (TPSA) is 121 Å². The van der Waals surface area contributed by atoms with Gasteiger partial charge in [0.2, 0.25) is 5.91 Å². The Morgan fingerprint density at radius 2 is 2.10 bits per heavy atom. The molecule has 1 saturated carbocycles. The van der Waals surface area contributed by atoms with E-state index in [1.807, 2.05) is 0 Å². The molecule has 8 heteroatoms. The van der Waals surface area contributed by atoms with E-state index < -0.39 is 23.9 Å². The van der Waals surface area contributed by atoms with Crippen LogP contribution in [0.25, 0.3) is 0 Å². The Morgan fingerprint density at radius 3 is 2.67 bits per heavy atom. The lowest BCUT2D eigenvalue weighted by Gasteiger charge is -2.13. The van der Waals surface area contributed by atoms with Crippen molar-refractivity contribution in [3.05, 3.63) is 24.2 Å². The van der Waals surface area contributed by atoms with Crippen molar-refractivity contribution in [1.82, 2.24) is 16.0 Å². The highest BCUT2D eigenvalue weighted by atomic mass is 16.4. The van der Waals surface area contributed by atoms with E-state index >= 15 is 0 Å². The molecule has 3 amide bonds. The summed E-state index contributed by atoms with van der Waals surface area (Å²) in [7, 11) is 0. The molecule has 1 heterocycles. The second-order valence-corrected chi connectivity index (χ2v) is 4.84. The van der Waals surface area contributed by atoms with E-state index in [4.69, 9.17) is 9.52 Å². The molecule has 21 heavy (non-hydrogen) atoms. The molecule has 1 aliphatic rings. The summed E-state index contributed by atoms with van der Waals surface area (Å²) >= 11 is 0. The van der Waals surface area contributed by atoms with E-state index in [-0.39, 0.29) is 19.0 Å². The standard InChI is InChI=1S/C13H17N3O5/c17-10(16-11(12(18)19)8-3-4-8)7-15-13(20)14-6-9-2-1-5-21-9/h1-2,5,8,11H,3-4,6-7H2,(H,16,17)(H,18,19)(H2,14,15,20). The average molecular weight is 295 g/mol. The number of hydrogen-bond acceptors (Lipinski definition) is 4. The van der Waals surface area contributed by atoms with Crippen LogP contribution in [-0.2, 0) is 16.1 Å². The highest BCUT2D eigenvalue weighted by Crippen LogP contribution is 2.32. The Morgan fingerprint density at radius 1 is 1.33 bits per heavy atom. The first-order chi connectivity index (χ1) is 10.1. The normalized spacial score (nSPS) is 15.0. The van der Waals surface area contributed by atoms with Gasteiger partial charge in [-0.3, -0.25) is 4.79 Å². The van der Waals surface area contributed by atoms with Gasteiger partial charge in [0.25, 0.3) is 0 Å². The van der Waals surface area contributed by atoms with Crippen molar-refractivity contribution in [2.75, 3.05) is 6.54 Å². The van der Waals surface area contributed by atoms with E-state index in [9.17, 15) is 14.4 Å². The molecule has 1 unspecified atom stereocenters. The Hall–Kier alpha value is -2.51. The first-order valence-electron chi connectivity index (χ1n) is 6.62. The molecular formula is C13H17N3O5. The van der Waals surface area contributed by atoms with Gasteiger partial charge in [0.05, 0.1) is 19.4 Å². The van der Waals surface area contributed by atoms with Crippen LogP contribution >= 0.6 is 0 Å². The first-order valence-corrected chi connectivity index (χ1v) is 6.62. The van der Waals surface area contributed by atoms with Crippen molar-refractivity contribution in [3.8, 4) is 0 Å². The van der Waals surface area contributed by atoms with Gasteiger partial charge in [-0.05, 0) is 30.9 Å². The number of aliphatic carboxylic acids is 1. The Labute approximate surface area is 120 Å². The van der Waals surface area contributed by atoms with Gasteiger partial charge in [-0.25, -0.2) is 9.59 Å². The maximum absolute atomic E-state index is 11.6. The van der Waals surface area contributed by atoms with Gasteiger partial charge in [-0.2, -0.15) is 0 Å². The molecule has 0 aliphatic heterocycles. The van der Waals surface area contributed by atoms with Crippen LogP contribution in [0.15, 0.2) is 22.8 Å². The zero-order valence-electron chi connectivity index (χ0n) is 11.3. The second-order valence-electron chi connectivity index (χ2n) is 4.84. The highest BCUT2D eigenvalue weighted by molar-refractivity contribution is 5.87. The number of nitrogens with one attached hydrogen (secondary N) is 3. The number of carboxylic acid groups (broad SMARTS) is 1. The number of carbonyl (C=O) groups is 3. The number of carbonyl (C=O) groups excluding carboxylic acids is 2. The number of amides is 3. The molecule has 1 fully saturated rings. The molecule has 1 atom stereocenters. The molecule has 0 bridgehead atoms. The highest BCUT2D eigenvalue weighted by Gasteiger charge is 2.37. The van der Waals surface area contributed by atoms with E-state index in [1.54, 1.807) is 12.1 Å². The SMILES string of the molecule is O=C(CNC(=O)NCc1ccco1)NC(C(=O)O)C1CC1. The van der Waals surface area contributed by atoms with E-state index in [1.165, 1.54) is 6.26 Å². The second kappa shape index (κ2) is 6.78. The fraction of sp³-hybridized carbons (Fsp3) is 0.462.